The van der Waals surface area contributed by atoms with Gasteiger partial charge in [-0.3, -0.25) is 4.79 Å². The second-order valence-electron chi connectivity index (χ2n) is 2.39. The Morgan fingerprint density at radius 2 is 2.08 bits per heavy atom. The van der Waals surface area contributed by atoms with Crippen LogP contribution < -0.4 is 5.56 Å². The van der Waals surface area contributed by atoms with E-state index in [-0.39, 0.29) is 0 Å². The maximum Gasteiger partial charge on any atom is 0.418 e. The minimum Gasteiger partial charge on any atom is -0.392 e. The highest BCUT2D eigenvalue weighted by Crippen LogP contribution is 2.30. The van der Waals surface area contributed by atoms with Crippen molar-refractivity contribution in [2.75, 3.05) is 0 Å². The summed E-state index contributed by atoms with van der Waals surface area (Å²) in [5, 5.41) is 8.55. The molecule has 1 aromatic heterocycles. The van der Waals surface area contributed by atoms with E-state index in [2.05, 4.69) is 0 Å². The Hall–Kier alpha value is -1.30. The molecule has 1 heterocycles. The summed E-state index contributed by atoms with van der Waals surface area (Å²) in [6, 6.07) is 0.725. The average molecular weight is 193 g/mol. The van der Waals surface area contributed by atoms with Crippen LogP contribution in [0.25, 0.3) is 0 Å². The lowest BCUT2D eigenvalue weighted by molar-refractivity contribution is -0.138. The Kier molecular flexibility index (Phi) is 2.42. The summed E-state index contributed by atoms with van der Waals surface area (Å²) in [5.74, 6) is 0. The molecule has 0 aromatic carbocycles. The van der Waals surface area contributed by atoms with Gasteiger partial charge in [-0.05, 0) is 5.56 Å². The number of hydrogen-bond donors (Lipinski definition) is 2. The molecule has 0 saturated heterocycles. The number of aliphatic hydroxyl groups is 1. The van der Waals surface area contributed by atoms with Gasteiger partial charge in [0.2, 0.25) is 5.56 Å². The van der Waals surface area contributed by atoms with Crippen molar-refractivity contribution in [2.24, 2.45) is 0 Å². The smallest absolute Gasteiger partial charge is 0.392 e. The van der Waals surface area contributed by atoms with Crippen molar-refractivity contribution in [3.8, 4) is 0 Å². The largest absolute Gasteiger partial charge is 0.418 e. The van der Waals surface area contributed by atoms with Crippen molar-refractivity contribution >= 4 is 0 Å². The van der Waals surface area contributed by atoms with Crippen LogP contribution in [-0.2, 0) is 12.8 Å². The summed E-state index contributed by atoms with van der Waals surface area (Å²) < 4.78 is 36.4. The summed E-state index contributed by atoms with van der Waals surface area (Å²) in [6.07, 6.45) is -4.00. The SMILES string of the molecule is O=c1cc(CO)c(C(F)(F)F)c[nH]1. The summed E-state index contributed by atoms with van der Waals surface area (Å²) in [4.78, 5) is 12.5. The molecule has 0 bridgehead atoms. The zero-order chi connectivity index (χ0) is 10.1. The summed E-state index contributed by atoms with van der Waals surface area (Å²) in [6.45, 7) is -0.807. The molecule has 0 saturated carbocycles. The van der Waals surface area contributed by atoms with Gasteiger partial charge in [0.25, 0.3) is 0 Å². The number of alkyl halides is 3. The fourth-order valence-electron chi connectivity index (χ4n) is 0.908. The molecule has 0 amide bonds. The number of aromatic amines is 1. The highest BCUT2D eigenvalue weighted by Gasteiger charge is 2.33. The molecule has 13 heavy (non-hydrogen) atoms. The molecule has 2 N–H and O–H groups in total. The fraction of sp³-hybridized carbons (Fsp3) is 0.286. The summed E-state index contributed by atoms with van der Waals surface area (Å²) in [7, 11) is 0. The van der Waals surface area contributed by atoms with Crippen LogP contribution in [0.1, 0.15) is 11.1 Å². The number of aliphatic hydroxyl groups excluding tert-OH is 1. The van der Waals surface area contributed by atoms with Gasteiger partial charge >= 0.3 is 6.18 Å². The normalized spacial score (nSPS) is 11.7. The van der Waals surface area contributed by atoms with E-state index in [0.29, 0.717) is 6.20 Å². The lowest BCUT2D eigenvalue weighted by atomic mass is 10.1. The topological polar surface area (TPSA) is 53.1 Å². The van der Waals surface area contributed by atoms with Crippen LogP contribution in [0.15, 0.2) is 17.1 Å². The Morgan fingerprint density at radius 3 is 2.54 bits per heavy atom. The summed E-state index contributed by atoms with van der Waals surface area (Å²) in [5.41, 5.74) is -2.11. The molecule has 3 nitrogen and oxygen atoms in total. The van der Waals surface area contributed by atoms with Crippen LogP contribution in [0.3, 0.4) is 0 Å². The Morgan fingerprint density at radius 1 is 1.46 bits per heavy atom. The number of halogens is 3. The first kappa shape index (κ1) is 9.79. The zero-order valence-electron chi connectivity index (χ0n) is 6.35. The number of nitrogens with one attached hydrogen (secondary N) is 1. The van der Waals surface area contributed by atoms with Gasteiger partial charge in [0.05, 0.1) is 12.2 Å². The third-order valence-corrected chi connectivity index (χ3v) is 1.49. The van der Waals surface area contributed by atoms with E-state index >= 15 is 0 Å². The van der Waals surface area contributed by atoms with Crippen molar-refractivity contribution in [3.63, 3.8) is 0 Å². The lowest BCUT2D eigenvalue weighted by Crippen LogP contribution is -2.15. The molecule has 0 aliphatic heterocycles. The van der Waals surface area contributed by atoms with Crippen molar-refractivity contribution in [1.29, 1.82) is 0 Å². The maximum absolute atomic E-state index is 12.1. The molecule has 0 radical (unpaired) electrons. The van der Waals surface area contributed by atoms with E-state index in [1.165, 1.54) is 0 Å². The van der Waals surface area contributed by atoms with Crippen LogP contribution in [0.2, 0.25) is 0 Å². The van der Waals surface area contributed by atoms with Gasteiger partial charge in [0.15, 0.2) is 0 Å². The molecule has 6 heteroatoms. The third-order valence-electron chi connectivity index (χ3n) is 1.49. The number of rotatable bonds is 1. The second-order valence-corrected chi connectivity index (χ2v) is 2.39. The van der Waals surface area contributed by atoms with Crippen LogP contribution >= 0.6 is 0 Å². The molecule has 1 rings (SSSR count). The van der Waals surface area contributed by atoms with Gasteiger partial charge in [-0.2, -0.15) is 13.2 Å². The Balaban J connectivity index is 3.30. The molecule has 0 unspecified atom stereocenters. The predicted octanol–water partition coefficient (Wildman–Crippen LogP) is 0.886. The Labute approximate surface area is 70.8 Å². The van der Waals surface area contributed by atoms with Gasteiger partial charge in [-0.25, -0.2) is 0 Å². The first-order valence-electron chi connectivity index (χ1n) is 3.35. The first-order chi connectivity index (χ1) is 5.95. The average Bonchev–Trinajstić information content (AvgIpc) is 2.01. The van der Waals surface area contributed by atoms with E-state index in [0.717, 1.165) is 6.07 Å². The molecule has 0 aliphatic rings. The highest BCUT2D eigenvalue weighted by molar-refractivity contribution is 5.25. The van der Waals surface area contributed by atoms with E-state index in [4.69, 9.17) is 5.11 Å². The highest BCUT2D eigenvalue weighted by atomic mass is 19.4. The third kappa shape index (κ3) is 2.09. The molecule has 0 fully saturated rings. The van der Waals surface area contributed by atoms with Gasteiger partial charge in [-0.1, -0.05) is 0 Å². The maximum atomic E-state index is 12.1. The van der Waals surface area contributed by atoms with Crippen LogP contribution in [0.4, 0.5) is 13.2 Å². The zero-order valence-corrected chi connectivity index (χ0v) is 6.35. The van der Waals surface area contributed by atoms with E-state index in [1.807, 2.05) is 4.98 Å². The first-order valence-corrected chi connectivity index (χ1v) is 3.35. The predicted molar refractivity (Wildman–Crippen MR) is 38.0 cm³/mol. The van der Waals surface area contributed by atoms with Gasteiger partial charge in [0.1, 0.15) is 0 Å². The number of aromatic nitrogens is 1. The number of hydrogen-bond acceptors (Lipinski definition) is 2. The molecule has 0 spiro atoms. The molecule has 1 aromatic rings. The van der Waals surface area contributed by atoms with Gasteiger partial charge in [-0.15, -0.1) is 0 Å². The molecule has 0 aliphatic carbocycles. The second kappa shape index (κ2) is 3.21. The van der Waals surface area contributed by atoms with Gasteiger partial charge in [0, 0.05) is 12.3 Å². The van der Waals surface area contributed by atoms with Crippen molar-refractivity contribution in [2.45, 2.75) is 12.8 Å². The van der Waals surface area contributed by atoms with Crippen LogP contribution in [-0.4, -0.2) is 10.1 Å². The van der Waals surface area contributed by atoms with E-state index < -0.39 is 29.5 Å². The molecular formula is C7H6F3NO2. The number of H-pyrrole nitrogens is 1. The monoisotopic (exact) mass is 193 g/mol. The van der Waals surface area contributed by atoms with E-state index in [9.17, 15) is 18.0 Å². The quantitative estimate of drug-likeness (QED) is 0.695. The van der Waals surface area contributed by atoms with Crippen molar-refractivity contribution in [1.82, 2.24) is 4.98 Å². The number of pyridine rings is 1. The lowest BCUT2D eigenvalue weighted by Gasteiger charge is -2.09. The van der Waals surface area contributed by atoms with Crippen LogP contribution in [0, 0.1) is 0 Å². The molecule has 72 valence electrons. The van der Waals surface area contributed by atoms with E-state index in [1.54, 1.807) is 0 Å². The minimum absolute atomic E-state index is 0.420. The van der Waals surface area contributed by atoms with Crippen LogP contribution in [0.5, 0.6) is 0 Å². The standard InChI is InChI=1S/C7H6F3NO2/c8-7(9,10)5-2-11-6(13)1-4(5)3-12/h1-2,12H,3H2,(H,11,13). The van der Waals surface area contributed by atoms with Crippen molar-refractivity contribution in [3.05, 3.63) is 33.7 Å². The van der Waals surface area contributed by atoms with Gasteiger partial charge < -0.3 is 10.1 Å². The summed E-state index contributed by atoms with van der Waals surface area (Å²) >= 11 is 0. The molecule has 0 atom stereocenters. The Bertz CT molecular complexity index is 355. The molecular weight excluding hydrogens is 187 g/mol. The van der Waals surface area contributed by atoms with Crippen molar-refractivity contribution < 1.29 is 18.3 Å². The fourth-order valence-corrected chi connectivity index (χ4v) is 0.908. The minimum atomic E-state index is -4.55.